The van der Waals surface area contributed by atoms with E-state index in [9.17, 15) is 0 Å². The van der Waals surface area contributed by atoms with Crippen molar-refractivity contribution in [3.05, 3.63) is 42.4 Å². The largest absolute Gasteiger partial charge is 0.490 e. The second-order valence-corrected chi connectivity index (χ2v) is 3.71. The molecule has 0 radical (unpaired) electrons. The minimum atomic E-state index is 0.0856. The molecule has 3 rings (SSSR count). The van der Waals surface area contributed by atoms with Crippen LogP contribution < -0.4 is 0 Å². The van der Waals surface area contributed by atoms with Crippen molar-refractivity contribution in [1.29, 1.82) is 0 Å². The van der Waals surface area contributed by atoms with Gasteiger partial charge in [-0.05, 0) is 31.1 Å². The second kappa shape index (κ2) is 3.42. The van der Waals surface area contributed by atoms with E-state index in [0.717, 1.165) is 29.7 Å². The van der Waals surface area contributed by atoms with E-state index >= 15 is 0 Å². The second-order valence-electron chi connectivity index (χ2n) is 3.71. The fourth-order valence-corrected chi connectivity index (χ4v) is 1.86. The summed E-state index contributed by atoms with van der Waals surface area (Å²) < 4.78 is 5.52. The molecular formula is C12H12N2O. The maximum Gasteiger partial charge on any atom is 0.155 e. The Hall–Kier alpha value is -1.77. The average molecular weight is 200 g/mol. The van der Waals surface area contributed by atoms with Crippen molar-refractivity contribution in [2.24, 2.45) is 0 Å². The molecule has 1 unspecified atom stereocenters. The van der Waals surface area contributed by atoms with E-state index in [1.807, 2.05) is 30.3 Å². The molecule has 1 atom stereocenters. The van der Waals surface area contributed by atoms with E-state index in [-0.39, 0.29) is 6.10 Å². The van der Waals surface area contributed by atoms with Gasteiger partial charge in [0.2, 0.25) is 0 Å². The highest BCUT2D eigenvalue weighted by Crippen LogP contribution is 2.26. The Kier molecular flexibility index (Phi) is 1.95. The summed E-state index contributed by atoms with van der Waals surface area (Å²) in [4.78, 5) is 7.82. The normalized spacial score (nSPS) is 20.4. The molecule has 1 aromatic heterocycles. The molecule has 0 spiro atoms. The number of H-pyrrole nitrogens is 1. The minimum Gasteiger partial charge on any atom is -0.490 e. The number of hydrogen-bond acceptors (Lipinski definition) is 2. The van der Waals surface area contributed by atoms with Gasteiger partial charge in [0, 0.05) is 0 Å². The van der Waals surface area contributed by atoms with Crippen LogP contribution in [0.4, 0.5) is 0 Å². The lowest BCUT2D eigenvalue weighted by Crippen LogP contribution is -2.05. The summed E-state index contributed by atoms with van der Waals surface area (Å²) in [5.74, 6) is 0.931. The minimum absolute atomic E-state index is 0.0856. The van der Waals surface area contributed by atoms with Crippen molar-refractivity contribution >= 4 is 11.0 Å². The highest BCUT2D eigenvalue weighted by atomic mass is 16.5. The molecule has 1 N–H and O–H groups in total. The van der Waals surface area contributed by atoms with Crippen LogP contribution in [0.5, 0.6) is 0 Å². The lowest BCUT2D eigenvalue weighted by atomic mass is 10.1. The molecule has 0 saturated heterocycles. The Morgan fingerprint density at radius 2 is 2.27 bits per heavy atom. The number of para-hydroxylation sites is 2. The highest BCUT2D eigenvalue weighted by Gasteiger charge is 2.17. The molecule has 3 nitrogen and oxygen atoms in total. The summed E-state index contributed by atoms with van der Waals surface area (Å²) in [6.45, 7) is 0. The van der Waals surface area contributed by atoms with Gasteiger partial charge in [0.05, 0.1) is 17.3 Å². The first-order chi connectivity index (χ1) is 7.43. The number of allylic oxidation sites excluding steroid dienone is 1. The molecule has 3 heteroatoms. The van der Waals surface area contributed by atoms with Gasteiger partial charge in [-0.2, -0.15) is 0 Å². The van der Waals surface area contributed by atoms with Gasteiger partial charge in [0.25, 0.3) is 0 Å². The standard InChI is InChI=1S/C12H12N2O/c1-2-6-10-9(5-1)13-12(14-10)11-7-3-4-8-15-11/h1-2,4-6,8,11H,3,7H2,(H,13,14). The number of nitrogens with one attached hydrogen (secondary N) is 1. The predicted octanol–water partition coefficient (Wildman–Crippen LogP) is 2.93. The fraction of sp³-hybridized carbons (Fsp3) is 0.250. The first-order valence-electron chi connectivity index (χ1n) is 5.18. The predicted molar refractivity (Wildman–Crippen MR) is 58.3 cm³/mol. The number of aromatic nitrogens is 2. The van der Waals surface area contributed by atoms with E-state index in [1.165, 1.54) is 0 Å². The van der Waals surface area contributed by atoms with Gasteiger partial charge < -0.3 is 9.72 Å². The van der Waals surface area contributed by atoms with Crippen molar-refractivity contribution in [3.8, 4) is 0 Å². The number of fused-ring (bicyclic) bond motifs is 1. The average Bonchev–Trinajstić information content (AvgIpc) is 2.74. The molecule has 2 aromatic rings. The Labute approximate surface area is 87.8 Å². The van der Waals surface area contributed by atoms with Crippen LogP contribution >= 0.6 is 0 Å². The summed E-state index contributed by atoms with van der Waals surface area (Å²) in [5, 5.41) is 0. The molecule has 1 aromatic carbocycles. The fourth-order valence-electron chi connectivity index (χ4n) is 1.86. The molecule has 1 aliphatic rings. The van der Waals surface area contributed by atoms with Crippen LogP contribution in [0.3, 0.4) is 0 Å². The van der Waals surface area contributed by atoms with Gasteiger partial charge in [-0.3, -0.25) is 0 Å². The number of imidazole rings is 1. The van der Waals surface area contributed by atoms with E-state index < -0.39 is 0 Å². The first kappa shape index (κ1) is 8.53. The van der Waals surface area contributed by atoms with Crippen molar-refractivity contribution in [3.63, 3.8) is 0 Å². The summed E-state index contributed by atoms with van der Waals surface area (Å²) in [6, 6.07) is 8.04. The van der Waals surface area contributed by atoms with Gasteiger partial charge in [0.15, 0.2) is 6.10 Å². The van der Waals surface area contributed by atoms with Crippen LogP contribution in [0.15, 0.2) is 36.6 Å². The monoisotopic (exact) mass is 200 g/mol. The van der Waals surface area contributed by atoms with Crippen LogP contribution in [0.1, 0.15) is 24.8 Å². The van der Waals surface area contributed by atoms with Crippen LogP contribution in [0.25, 0.3) is 11.0 Å². The zero-order valence-electron chi connectivity index (χ0n) is 8.31. The van der Waals surface area contributed by atoms with E-state index in [4.69, 9.17) is 4.74 Å². The maximum absolute atomic E-state index is 5.52. The van der Waals surface area contributed by atoms with Gasteiger partial charge in [-0.15, -0.1) is 0 Å². The van der Waals surface area contributed by atoms with Crippen LogP contribution in [-0.4, -0.2) is 9.97 Å². The molecule has 76 valence electrons. The molecule has 0 bridgehead atoms. The molecule has 15 heavy (non-hydrogen) atoms. The van der Waals surface area contributed by atoms with E-state index in [2.05, 4.69) is 9.97 Å². The third kappa shape index (κ3) is 1.50. The van der Waals surface area contributed by atoms with E-state index in [0.29, 0.717) is 0 Å². The Morgan fingerprint density at radius 3 is 3.07 bits per heavy atom. The Bertz CT molecular complexity index is 468. The van der Waals surface area contributed by atoms with E-state index in [1.54, 1.807) is 6.26 Å². The smallest absolute Gasteiger partial charge is 0.155 e. The third-order valence-corrected chi connectivity index (χ3v) is 2.65. The quantitative estimate of drug-likeness (QED) is 0.768. The van der Waals surface area contributed by atoms with Gasteiger partial charge >= 0.3 is 0 Å². The molecular weight excluding hydrogens is 188 g/mol. The molecule has 0 fully saturated rings. The van der Waals surface area contributed by atoms with Gasteiger partial charge in [-0.25, -0.2) is 4.98 Å². The molecule has 0 aliphatic carbocycles. The van der Waals surface area contributed by atoms with Crippen molar-refractivity contribution < 1.29 is 4.74 Å². The number of benzene rings is 1. The van der Waals surface area contributed by atoms with Crippen LogP contribution in [0, 0.1) is 0 Å². The summed E-state index contributed by atoms with van der Waals surface area (Å²) in [6.07, 6.45) is 5.95. The topological polar surface area (TPSA) is 37.9 Å². The number of hydrogen-bond donors (Lipinski definition) is 1. The van der Waals surface area contributed by atoms with Gasteiger partial charge in [-0.1, -0.05) is 12.1 Å². The molecule has 2 heterocycles. The summed E-state index contributed by atoms with van der Waals surface area (Å²) in [7, 11) is 0. The SMILES string of the molecule is C1=COC(c2nc3ccccc3[nH]2)CC1. The molecule has 1 aliphatic heterocycles. The molecule has 0 saturated carbocycles. The van der Waals surface area contributed by atoms with Crippen molar-refractivity contribution in [2.45, 2.75) is 18.9 Å². The number of ether oxygens (including phenoxy) is 1. The van der Waals surface area contributed by atoms with Crippen LogP contribution in [0.2, 0.25) is 0 Å². The lowest BCUT2D eigenvalue weighted by molar-refractivity contribution is 0.118. The van der Waals surface area contributed by atoms with Crippen LogP contribution in [-0.2, 0) is 4.74 Å². The number of aromatic amines is 1. The maximum atomic E-state index is 5.52. The summed E-state index contributed by atoms with van der Waals surface area (Å²) in [5.41, 5.74) is 2.08. The van der Waals surface area contributed by atoms with Crippen molar-refractivity contribution in [1.82, 2.24) is 9.97 Å². The first-order valence-corrected chi connectivity index (χ1v) is 5.18. The number of nitrogens with zero attached hydrogens (tertiary/aromatic N) is 1. The molecule has 0 amide bonds. The summed E-state index contributed by atoms with van der Waals surface area (Å²) >= 11 is 0. The highest BCUT2D eigenvalue weighted by molar-refractivity contribution is 5.74. The van der Waals surface area contributed by atoms with Gasteiger partial charge in [0.1, 0.15) is 5.82 Å². The zero-order valence-corrected chi connectivity index (χ0v) is 8.31. The third-order valence-electron chi connectivity index (χ3n) is 2.65. The van der Waals surface area contributed by atoms with Crippen molar-refractivity contribution in [2.75, 3.05) is 0 Å². The Morgan fingerprint density at radius 1 is 1.33 bits per heavy atom. The number of rotatable bonds is 1. The Balaban J connectivity index is 2.00. The zero-order chi connectivity index (χ0) is 10.1. The lowest BCUT2D eigenvalue weighted by Gasteiger charge is -2.16.